The average Bonchev–Trinajstić information content (AvgIpc) is 3.50. The fourth-order valence-electron chi connectivity index (χ4n) is 3.27. The van der Waals surface area contributed by atoms with Crippen LogP contribution in [0.5, 0.6) is 6.01 Å². The molecule has 0 saturated heterocycles. The number of fused-ring (bicyclic) bond motifs is 1. The molecular weight excluding hydrogens is 424 g/mol. The standard InChI is InChI=1S/C22H26N8O3/c1-15(2)17-14-26-30-19(17)27-21(32-11-12-33-22(31)23-3)28-20(30)24-13-16-7-4-5-8-18(16)29-10-6-9-25-29/h4-10,14-15H,11-13H2,1-3H3,(H,23,31)(H,24,27,28). The summed E-state index contributed by atoms with van der Waals surface area (Å²) in [5.74, 6) is 0.708. The molecule has 172 valence electrons. The van der Waals surface area contributed by atoms with Gasteiger partial charge in [0.15, 0.2) is 5.65 Å². The van der Waals surface area contributed by atoms with Gasteiger partial charge in [0.05, 0.1) is 11.9 Å². The van der Waals surface area contributed by atoms with E-state index in [0.29, 0.717) is 18.1 Å². The van der Waals surface area contributed by atoms with Gasteiger partial charge in [0, 0.05) is 31.5 Å². The number of carbonyl (C=O) groups is 1. The van der Waals surface area contributed by atoms with Gasteiger partial charge in [0.25, 0.3) is 0 Å². The second-order valence-electron chi connectivity index (χ2n) is 7.49. The second kappa shape index (κ2) is 9.98. The third-order valence-corrected chi connectivity index (χ3v) is 4.93. The van der Waals surface area contributed by atoms with E-state index in [1.807, 2.05) is 41.2 Å². The van der Waals surface area contributed by atoms with Gasteiger partial charge in [0.2, 0.25) is 5.95 Å². The predicted molar refractivity (Wildman–Crippen MR) is 122 cm³/mol. The number of ether oxygens (including phenoxy) is 2. The van der Waals surface area contributed by atoms with Crippen LogP contribution in [-0.4, -0.2) is 55.7 Å². The lowest BCUT2D eigenvalue weighted by molar-refractivity contribution is 0.124. The summed E-state index contributed by atoms with van der Waals surface area (Å²) in [6.45, 7) is 4.83. The van der Waals surface area contributed by atoms with Crippen LogP contribution in [0, 0.1) is 0 Å². The van der Waals surface area contributed by atoms with Crippen LogP contribution in [0.1, 0.15) is 30.9 Å². The number of rotatable bonds is 9. The minimum Gasteiger partial charge on any atom is -0.460 e. The molecule has 0 aliphatic carbocycles. The van der Waals surface area contributed by atoms with Crippen LogP contribution in [0.3, 0.4) is 0 Å². The van der Waals surface area contributed by atoms with E-state index in [1.165, 1.54) is 7.05 Å². The van der Waals surface area contributed by atoms with Crippen molar-refractivity contribution >= 4 is 17.7 Å². The number of hydrogen-bond donors (Lipinski definition) is 2. The first-order valence-electron chi connectivity index (χ1n) is 10.6. The van der Waals surface area contributed by atoms with Crippen molar-refractivity contribution < 1.29 is 14.3 Å². The largest absolute Gasteiger partial charge is 0.460 e. The Morgan fingerprint density at radius 2 is 1.97 bits per heavy atom. The molecule has 0 atom stereocenters. The van der Waals surface area contributed by atoms with Gasteiger partial charge in [-0.3, -0.25) is 0 Å². The Bertz CT molecular complexity index is 1220. The number of alkyl carbamates (subject to hydrolysis) is 1. The molecule has 1 aromatic carbocycles. The van der Waals surface area contributed by atoms with Crippen molar-refractivity contribution in [3.05, 3.63) is 60.0 Å². The maximum Gasteiger partial charge on any atom is 0.406 e. The third-order valence-electron chi connectivity index (χ3n) is 4.93. The molecule has 0 unspecified atom stereocenters. The van der Waals surface area contributed by atoms with Crippen molar-refractivity contribution in [3.8, 4) is 11.7 Å². The van der Waals surface area contributed by atoms with Crippen LogP contribution in [0.25, 0.3) is 11.3 Å². The lowest BCUT2D eigenvalue weighted by Crippen LogP contribution is -2.22. The minimum absolute atomic E-state index is 0.0739. The molecule has 0 spiro atoms. The van der Waals surface area contributed by atoms with Crippen LogP contribution < -0.4 is 15.4 Å². The first-order chi connectivity index (χ1) is 16.1. The Morgan fingerprint density at radius 3 is 2.73 bits per heavy atom. The molecule has 0 aliphatic rings. The van der Waals surface area contributed by atoms with Gasteiger partial charge in [-0.2, -0.15) is 24.7 Å². The summed E-state index contributed by atoms with van der Waals surface area (Å²) in [7, 11) is 1.50. The van der Waals surface area contributed by atoms with Crippen LogP contribution in [0.4, 0.5) is 10.7 Å². The summed E-state index contributed by atoms with van der Waals surface area (Å²) >= 11 is 0. The highest BCUT2D eigenvalue weighted by molar-refractivity contribution is 5.66. The predicted octanol–water partition coefficient (Wildman–Crippen LogP) is 2.78. The third kappa shape index (κ3) is 5.03. The van der Waals surface area contributed by atoms with Gasteiger partial charge in [-0.25, -0.2) is 9.48 Å². The van der Waals surface area contributed by atoms with Crippen LogP contribution >= 0.6 is 0 Å². The van der Waals surface area contributed by atoms with Crippen molar-refractivity contribution in [1.29, 1.82) is 0 Å². The average molecular weight is 451 g/mol. The molecule has 1 amide bonds. The Balaban J connectivity index is 1.58. The number of benzene rings is 1. The first kappa shape index (κ1) is 22.1. The summed E-state index contributed by atoms with van der Waals surface area (Å²) in [4.78, 5) is 20.2. The molecule has 0 fully saturated rings. The zero-order valence-electron chi connectivity index (χ0n) is 18.7. The fraction of sp³-hybridized carbons (Fsp3) is 0.318. The van der Waals surface area contributed by atoms with Gasteiger partial charge >= 0.3 is 12.1 Å². The summed E-state index contributed by atoms with van der Waals surface area (Å²) < 4.78 is 14.1. The lowest BCUT2D eigenvalue weighted by Gasteiger charge is -2.13. The summed E-state index contributed by atoms with van der Waals surface area (Å²) in [5, 5.41) is 14.5. The maximum atomic E-state index is 11.2. The molecule has 11 nitrogen and oxygen atoms in total. The number of amides is 1. The monoisotopic (exact) mass is 450 g/mol. The number of para-hydroxylation sites is 1. The summed E-state index contributed by atoms with van der Waals surface area (Å²) in [6, 6.07) is 10.0. The number of anilines is 1. The van der Waals surface area contributed by atoms with E-state index in [4.69, 9.17) is 9.47 Å². The Morgan fingerprint density at radius 1 is 1.12 bits per heavy atom. The molecule has 0 saturated carbocycles. The highest BCUT2D eigenvalue weighted by atomic mass is 16.6. The van der Waals surface area contributed by atoms with E-state index in [9.17, 15) is 4.79 Å². The second-order valence-corrected chi connectivity index (χ2v) is 7.49. The van der Waals surface area contributed by atoms with E-state index < -0.39 is 6.09 Å². The number of nitrogens with zero attached hydrogens (tertiary/aromatic N) is 6. The van der Waals surface area contributed by atoms with Gasteiger partial charge in [-0.1, -0.05) is 32.0 Å². The molecule has 0 bridgehead atoms. The quantitative estimate of drug-likeness (QED) is 0.374. The fourth-order valence-corrected chi connectivity index (χ4v) is 3.27. The SMILES string of the molecule is CNC(=O)OCCOc1nc(NCc2ccccc2-n2cccn2)n2ncc(C(C)C)c2n1. The van der Waals surface area contributed by atoms with Gasteiger partial charge in [0.1, 0.15) is 13.2 Å². The number of aromatic nitrogens is 6. The zero-order chi connectivity index (χ0) is 23.2. The smallest absolute Gasteiger partial charge is 0.406 e. The lowest BCUT2D eigenvalue weighted by atomic mass is 10.1. The molecule has 2 N–H and O–H groups in total. The molecule has 11 heteroatoms. The van der Waals surface area contributed by atoms with E-state index in [2.05, 4.69) is 44.6 Å². The molecule has 4 rings (SSSR count). The highest BCUT2D eigenvalue weighted by Crippen LogP contribution is 2.23. The van der Waals surface area contributed by atoms with Crippen molar-refractivity contribution in [1.82, 2.24) is 34.7 Å². The zero-order valence-corrected chi connectivity index (χ0v) is 18.7. The first-order valence-corrected chi connectivity index (χ1v) is 10.6. The highest BCUT2D eigenvalue weighted by Gasteiger charge is 2.16. The number of nitrogens with one attached hydrogen (secondary N) is 2. The number of hydrogen-bond acceptors (Lipinski definition) is 8. The minimum atomic E-state index is -0.522. The Hall–Kier alpha value is -4.15. The molecule has 0 radical (unpaired) electrons. The van der Waals surface area contributed by atoms with E-state index in [0.717, 1.165) is 16.8 Å². The van der Waals surface area contributed by atoms with E-state index >= 15 is 0 Å². The van der Waals surface area contributed by atoms with Crippen molar-refractivity contribution in [2.75, 3.05) is 25.6 Å². The maximum absolute atomic E-state index is 11.2. The molecule has 33 heavy (non-hydrogen) atoms. The Kier molecular flexibility index (Phi) is 6.67. The molecule has 3 aromatic heterocycles. The van der Waals surface area contributed by atoms with Gasteiger partial charge in [-0.05, 0) is 23.6 Å². The van der Waals surface area contributed by atoms with E-state index in [-0.39, 0.29) is 25.1 Å². The molecule has 3 heterocycles. The van der Waals surface area contributed by atoms with Gasteiger partial charge in [-0.15, -0.1) is 0 Å². The van der Waals surface area contributed by atoms with Crippen molar-refractivity contribution in [2.45, 2.75) is 26.3 Å². The Labute approximate surface area is 190 Å². The van der Waals surface area contributed by atoms with Crippen molar-refractivity contribution in [2.24, 2.45) is 0 Å². The van der Waals surface area contributed by atoms with E-state index in [1.54, 1.807) is 16.9 Å². The number of carbonyl (C=O) groups excluding carboxylic acids is 1. The summed E-state index contributed by atoms with van der Waals surface area (Å²) in [5.41, 5.74) is 3.63. The normalized spacial score (nSPS) is 11.0. The van der Waals surface area contributed by atoms with Crippen LogP contribution in [0.15, 0.2) is 48.9 Å². The summed E-state index contributed by atoms with van der Waals surface area (Å²) in [6.07, 6.45) is 4.91. The molecule has 4 aromatic rings. The van der Waals surface area contributed by atoms with Crippen LogP contribution in [-0.2, 0) is 11.3 Å². The van der Waals surface area contributed by atoms with Crippen molar-refractivity contribution in [3.63, 3.8) is 0 Å². The topological polar surface area (TPSA) is 120 Å². The molecule has 0 aliphatic heterocycles. The molecular formula is C22H26N8O3. The van der Waals surface area contributed by atoms with Crippen LogP contribution in [0.2, 0.25) is 0 Å². The van der Waals surface area contributed by atoms with Gasteiger partial charge < -0.3 is 20.1 Å².